The molecule has 0 spiro atoms. The van der Waals surface area contributed by atoms with E-state index in [-0.39, 0.29) is 5.75 Å². The second-order valence-corrected chi connectivity index (χ2v) is 7.52. The normalized spacial score (nSPS) is 12.2. The van der Waals surface area contributed by atoms with Crippen LogP contribution in [0.1, 0.15) is 32.3 Å². The van der Waals surface area contributed by atoms with Gasteiger partial charge in [-0.25, -0.2) is 13.1 Å². The first kappa shape index (κ1) is 20.4. The van der Waals surface area contributed by atoms with E-state index < -0.39 is 10.0 Å². The zero-order valence-electron chi connectivity index (χ0n) is 14.7. The summed E-state index contributed by atoms with van der Waals surface area (Å²) in [4.78, 5) is 4.55. The van der Waals surface area contributed by atoms with E-state index in [1.165, 1.54) is 5.56 Å². The average Bonchev–Trinajstić information content (AvgIpc) is 2.59. The number of hydrogen-bond acceptors (Lipinski definition) is 3. The molecule has 0 aliphatic heterocycles. The Balaban J connectivity index is 2.24. The lowest BCUT2D eigenvalue weighted by Gasteiger charge is -2.11. The third kappa shape index (κ3) is 9.52. The zero-order valence-corrected chi connectivity index (χ0v) is 15.5. The van der Waals surface area contributed by atoms with Crippen molar-refractivity contribution in [2.75, 3.05) is 31.9 Å². The van der Waals surface area contributed by atoms with E-state index in [9.17, 15) is 8.42 Å². The third-order valence-electron chi connectivity index (χ3n) is 3.43. The summed E-state index contributed by atoms with van der Waals surface area (Å²) in [7, 11) is -3.10. The van der Waals surface area contributed by atoms with Gasteiger partial charge in [-0.3, -0.25) is 4.99 Å². The summed E-state index contributed by atoms with van der Waals surface area (Å²) < 4.78 is 25.2. The van der Waals surface area contributed by atoms with Crippen molar-refractivity contribution in [1.29, 1.82) is 0 Å². The van der Waals surface area contributed by atoms with Crippen LogP contribution in [0.25, 0.3) is 0 Å². The number of aryl methyl sites for hydroxylation is 1. The molecule has 0 aliphatic carbocycles. The second kappa shape index (κ2) is 11.9. The predicted octanol–water partition coefficient (Wildman–Crippen LogP) is 1.50. The van der Waals surface area contributed by atoms with Gasteiger partial charge in [-0.05, 0) is 38.7 Å². The molecule has 7 heteroatoms. The first-order chi connectivity index (χ1) is 11.6. The van der Waals surface area contributed by atoms with E-state index in [1.54, 1.807) is 6.92 Å². The van der Waals surface area contributed by atoms with E-state index in [0.29, 0.717) is 19.5 Å². The lowest BCUT2D eigenvalue weighted by atomic mass is 10.1. The molecule has 0 radical (unpaired) electrons. The van der Waals surface area contributed by atoms with Crippen molar-refractivity contribution in [2.45, 2.75) is 33.1 Å². The van der Waals surface area contributed by atoms with Crippen LogP contribution in [0.5, 0.6) is 0 Å². The Morgan fingerprint density at radius 3 is 2.46 bits per heavy atom. The average molecular weight is 355 g/mol. The van der Waals surface area contributed by atoms with E-state index in [1.807, 2.05) is 13.0 Å². The molecule has 0 atom stereocenters. The standard InChI is InChI=1S/C17H30N4O2S/c1-3-18-17(20-14-9-15-21-24(22,23)4-2)19-13-8-12-16-10-6-5-7-11-16/h5-7,10-11,21H,3-4,8-9,12-15H2,1-2H3,(H2,18,19,20). The van der Waals surface area contributed by atoms with Crippen molar-refractivity contribution < 1.29 is 8.42 Å². The minimum absolute atomic E-state index is 0.117. The molecular weight excluding hydrogens is 324 g/mol. The number of nitrogens with zero attached hydrogens (tertiary/aromatic N) is 1. The minimum Gasteiger partial charge on any atom is -0.357 e. The van der Waals surface area contributed by atoms with Gasteiger partial charge in [0.25, 0.3) is 0 Å². The molecule has 0 unspecified atom stereocenters. The zero-order chi connectivity index (χ0) is 17.7. The SMILES string of the molecule is CCNC(=NCCCc1ccccc1)NCCCNS(=O)(=O)CC. The van der Waals surface area contributed by atoms with Gasteiger partial charge >= 0.3 is 0 Å². The molecule has 0 fully saturated rings. The first-order valence-corrected chi connectivity index (χ1v) is 10.3. The third-order valence-corrected chi connectivity index (χ3v) is 4.83. The minimum atomic E-state index is -3.10. The fourth-order valence-electron chi connectivity index (χ4n) is 2.09. The topological polar surface area (TPSA) is 82.6 Å². The maximum absolute atomic E-state index is 11.3. The first-order valence-electron chi connectivity index (χ1n) is 8.61. The van der Waals surface area contributed by atoms with Gasteiger partial charge in [0.05, 0.1) is 5.75 Å². The Hall–Kier alpha value is -1.60. The number of hydrogen-bond donors (Lipinski definition) is 3. The molecule has 0 aromatic heterocycles. The Morgan fingerprint density at radius 2 is 1.79 bits per heavy atom. The molecule has 6 nitrogen and oxygen atoms in total. The van der Waals surface area contributed by atoms with Gasteiger partial charge in [0, 0.05) is 26.2 Å². The van der Waals surface area contributed by atoms with E-state index >= 15 is 0 Å². The Labute approximate surface area is 146 Å². The number of aliphatic imine (C=N–C) groups is 1. The van der Waals surface area contributed by atoms with Crippen LogP contribution in [0.4, 0.5) is 0 Å². The van der Waals surface area contributed by atoms with Crippen LogP contribution in [0.3, 0.4) is 0 Å². The van der Waals surface area contributed by atoms with Gasteiger partial charge in [-0.15, -0.1) is 0 Å². The van der Waals surface area contributed by atoms with Crippen LogP contribution in [0.2, 0.25) is 0 Å². The van der Waals surface area contributed by atoms with Gasteiger partial charge < -0.3 is 10.6 Å². The summed E-state index contributed by atoms with van der Waals surface area (Å²) in [5.41, 5.74) is 1.33. The van der Waals surface area contributed by atoms with Crippen molar-refractivity contribution in [3.8, 4) is 0 Å². The fourth-order valence-corrected chi connectivity index (χ4v) is 2.74. The molecule has 0 saturated carbocycles. The number of rotatable bonds is 11. The summed E-state index contributed by atoms with van der Waals surface area (Å²) in [5.74, 6) is 0.898. The Kier molecular flexibility index (Phi) is 10.1. The quantitative estimate of drug-likeness (QED) is 0.319. The lowest BCUT2D eigenvalue weighted by Crippen LogP contribution is -2.39. The maximum Gasteiger partial charge on any atom is 0.211 e. The molecule has 0 heterocycles. The molecule has 0 bridgehead atoms. The molecule has 0 aliphatic rings. The molecule has 1 rings (SSSR count). The maximum atomic E-state index is 11.3. The molecule has 3 N–H and O–H groups in total. The number of guanidine groups is 1. The van der Waals surface area contributed by atoms with Crippen LogP contribution < -0.4 is 15.4 Å². The highest BCUT2D eigenvalue weighted by Gasteiger charge is 2.04. The van der Waals surface area contributed by atoms with Gasteiger partial charge in [0.2, 0.25) is 10.0 Å². The summed E-state index contributed by atoms with van der Waals surface area (Å²) >= 11 is 0. The van der Waals surface area contributed by atoms with Gasteiger partial charge in [-0.2, -0.15) is 0 Å². The molecule has 1 aromatic rings. The molecule has 136 valence electrons. The van der Waals surface area contributed by atoms with Crippen LogP contribution >= 0.6 is 0 Å². The smallest absolute Gasteiger partial charge is 0.211 e. The summed E-state index contributed by atoms with van der Waals surface area (Å²) in [6.45, 7) is 6.33. The number of benzene rings is 1. The molecule has 1 aromatic carbocycles. The van der Waals surface area contributed by atoms with Gasteiger partial charge in [-0.1, -0.05) is 30.3 Å². The second-order valence-electron chi connectivity index (χ2n) is 5.43. The summed E-state index contributed by atoms with van der Waals surface area (Å²) in [5, 5.41) is 6.43. The van der Waals surface area contributed by atoms with Crippen molar-refractivity contribution >= 4 is 16.0 Å². The predicted molar refractivity (Wildman–Crippen MR) is 101 cm³/mol. The largest absolute Gasteiger partial charge is 0.357 e. The highest BCUT2D eigenvalue weighted by atomic mass is 32.2. The van der Waals surface area contributed by atoms with E-state index in [4.69, 9.17) is 0 Å². The van der Waals surface area contributed by atoms with Gasteiger partial charge in [0.15, 0.2) is 5.96 Å². The van der Waals surface area contributed by atoms with Crippen molar-refractivity contribution in [3.63, 3.8) is 0 Å². The Morgan fingerprint density at radius 1 is 1.04 bits per heavy atom. The van der Waals surface area contributed by atoms with Gasteiger partial charge in [0.1, 0.15) is 0 Å². The van der Waals surface area contributed by atoms with Crippen LogP contribution in [-0.2, 0) is 16.4 Å². The molecule has 24 heavy (non-hydrogen) atoms. The number of sulfonamides is 1. The Bertz CT molecular complexity index is 574. The number of nitrogens with one attached hydrogen (secondary N) is 3. The molecular formula is C17H30N4O2S. The van der Waals surface area contributed by atoms with E-state index in [0.717, 1.165) is 31.9 Å². The van der Waals surface area contributed by atoms with Crippen molar-refractivity contribution in [3.05, 3.63) is 35.9 Å². The summed E-state index contributed by atoms with van der Waals surface area (Å²) in [6.07, 6.45) is 2.73. The highest BCUT2D eigenvalue weighted by molar-refractivity contribution is 7.89. The lowest BCUT2D eigenvalue weighted by molar-refractivity contribution is 0.579. The summed E-state index contributed by atoms with van der Waals surface area (Å²) in [6, 6.07) is 10.4. The van der Waals surface area contributed by atoms with Crippen LogP contribution in [0, 0.1) is 0 Å². The van der Waals surface area contributed by atoms with Crippen LogP contribution in [-0.4, -0.2) is 46.3 Å². The monoisotopic (exact) mass is 354 g/mol. The molecule has 0 saturated heterocycles. The van der Waals surface area contributed by atoms with Crippen LogP contribution in [0.15, 0.2) is 35.3 Å². The fraction of sp³-hybridized carbons (Fsp3) is 0.588. The highest BCUT2D eigenvalue weighted by Crippen LogP contribution is 2.02. The van der Waals surface area contributed by atoms with E-state index in [2.05, 4.69) is 44.6 Å². The van der Waals surface area contributed by atoms with Crippen molar-refractivity contribution in [2.24, 2.45) is 4.99 Å². The molecule has 0 amide bonds. The van der Waals surface area contributed by atoms with Crippen molar-refractivity contribution in [1.82, 2.24) is 15.4 Å².